The number of pyridine rings is 3. The van der Waals surface area contributed by atoms with Gasteiger partial charge < -0.3 is 4.90 Å². The molecule has 0 spiro atoms. The third kappa shape index (κ3) is 3.15. The van der Waals surface area contributed by atoms with E-state index in [4.69, 9.17) is 0 Å². The summed E-state index contributed by atoms with van der Waals surface area (Å²) in [6, 6.07) is 12.0. The topological polar surface area (TPSA) is 82.4 Å². The van der Waals surface area contributed by atoms with E-state index in [1.165, 1.54) is 0 Å². The molecular formula is C19H19N7O. The Kier molecular flexibility index (Phi) is 3.83. The summed E-state index contributed by atoms with van der Waals surface area (Å²) in [6.45, 7) is 4.60. The van der Waals surface area contributed by atoms with Gasteiger partial charge in [-0.05, 0) is 36.4 Å². The summed E-state index contributed by atoms with van der Waals surface area (Å²) in [4.78, 5) is 29.0. The fraction of sp³-hybridized carbons (Fsp3) is 0.263. The van der Waals surface area contributed by atoms with Crippen molar-refractivity contribution in [1.29, 1.82) is 0 Å². The van der Waals surface area contributed by atoms with Crippen LogP contribution >= 0.6 is 0 Å². The lowest BCUT2D eigenvalue weighted by Gasteiger charge is -2.35. The van der Waals surface area contributed by atoms with Gasteiger partial charge in [-0.15, -0.1) is 0 Å². The standard InChI is InChI=1S/C19H19N7O/c27-19-22-17-6-5-16(13-26(17)23-19)25-10-8-24(9-11-25)12-15-4-3-14-2-1-7-20-18(14)21-15/h1-7,13H,8-12H2,(H,23,27). The van der Waals surface area contributed by atoms with Crippen molar-refractivity contribution in [3.8, 4) is 0 Å². The Balaban J connectivity index is 1.26. The lowest BCUT2D eigenvalue weighted by molar-refractivity contribution is 0.247. The Morgan fingerprint density at radius 3 is 2.78 bits per heavy atom. The van der Waals surface area contributed by atoms with Crippen LogP contribution in [0.1, 0.15) is 5.69 Å². The monoisotopic (exact) mass is 361 g/mol. The molecule has 1 N–H and O–H groups in total. The average molecular weight is 361 g/mol. The zero-order valence-electron chi connectivity index (χ0n) is 14.7. The van der Waals surface area contributed by atoms with Crippen LogP contribution in [-0.4, -0.2) is 55.6 Å². The van der Waals surface area contributed by atoms with Crippen molar-refractivity contribution in [2.75, 3.05) is 31.1 Å². The number of aromatic amines is 1. The number of hydrogen-bond donors (Lipinski definition) is 1. The number of anilines is 1. The van der Waals surface area contributed by atoms with E-state index >= 15 is 0 Å². The average Bonchev–Trinajstić information content (AvgIpc) is 3.08. The van der Waals surface area contributed by atoms with Crippen LogP contribution in [0.25, 0.3) is 16.7 Å². The Hall–Kier alpha value is -3.26. The van der Waals surface area contributed by atoms with Gasteiger partial charge in [0.1, 0.15) is 0 Å². The summed E-state index contributed by atoms with van der Waals surface area (Å²) in [7, 11) is 0. The Morgan fingerprint density at radius 2 is 1.89 bits per heavy atom. The molecule has 0 unspecified atom stereocenters. The van der Waals surface area contributed by atoms with Gasteiger partial charge in [0.2, 0.25) is 0 Å². The van der Waals surface area contributed by atoms with Gasteiger partial charge in [0.15, 0.2) is 11.3 Å². The van der Waals surface area contributed by atoms with Crippen molar-refractivity contribution >= 4 is 22.4 Å². The first-order valence-electron chi connectivity index (χ1n) is 9.01. The van der Waals surface area contributed by atoms with Crippen LogP contribution in [0, 0.1) is 0 Å². The Morgan fingerprint density at radius 1 is 1.00 bits per heavy atom. The van der Waals surface area contributed by atoms with E-state index in [-0.39, 0.29) is 5.69 Å². The van der Waals surface area contributed by atoms with Crippen LogP contribution in [0.15, 0.2) is 53.6 Å². The second kappa shape index (κ2) is 6.48. The molecule has 1 aliphatic heterocycles. The minimum absolute atomic E-state index is 0.325. The van der Waals surface area contributed by atoms with Gasteiger partial charge in [0, 0.05) is 44.3 Å². The van der Waals surface area contributed by atoms with Gasteiger partial charge in [-0.25, -0.2) is 24.4 Å². The maximum Gasteiger partial charge on any atom is 0.362 e. The molecule has 0 saturated carbocycles. The lowest BCUT2D eigenvalue weighted by Crippen LogP contribution is -2.46. The summed E-state index contributed by atoms with van der Waals surface area (Å²) < 4.78 is 1.68. The second-order valence-electron chi connectivity index (χ2n) is 6.76. The third-order valence-corrected chi connectivity index (χ3v) is 4.99. The first kappa shape index (κ1) is 16.0. The number of rotatable bonds is 3. The predicted molar refractivity (Wildman–Crippen MR) is 103 cm³/mol. The molecule has 5 heterocycles. The molecule has 0 amide bonds. The number of hydrogen-bond acceptors (Lipinski definition) is 6. The van der Waals surface area contributed by atoms with E-state index in [0.717, 1.165) is 55.1 Å². The number of H-pyrrole nitrogens is 1. The number of nitrogens with one attached hydrogen (secondary N) is 1. The quantitative estimate of drug-likeness (QED) is 0.592. The molecule has 136 valence electrons. The number of piperazine rings is 1. The molecule has 0 bridgehead atoms. The molecule has 27 heavy (non-hydrogen) atoms. The summed E-state index contributed by atoms with van der Waals surface area (Å²) in [6.07, 6.45) is 3.71. The minimum atomic E-state index is -0.325. The van der Waals surface area contributed by atoms with Gasteiger partial charge in [-0.3, -0.25) is 4.90 Å². The summed E-state index contributed by atoms with van der Waals surface area (Å²) in [5.74, 6) is 0. The molecule has 4 aromatic heterocycles. The maximum atomic E-state index is 11.4. The largest absolute Gasteiger partial charge is 0.368 e. The molecule has 1 fully saturated rings. The van der Waals surface area contributed by atoms with Crippen LogP contribution < -0.4 is 10.6 Å². The molecule has 0 aromatic carbocycles. The van der Waals surface area contributed by atoms with Crippen LogP contribution in [0.4, 0.5) is 5.69 Å². The molecule has 8 nitrogen and oxygen atoms in total. The van der Waals surface area contributed by atoms with Crippen molar-refractivity contribution in [1.82, 2.24) is 29.5 Å². The van der Waals surface area contributed by atoms with E-state index in [9.17, 15) is 4.79 Å². The third-order valence-electron chi connectivity index (χ3n) is 4.99. The molecule has 0 aliphatic carbocycles. The van der Waals surface area contributed by atoms with Gasteiger partial charge in [0.05, 0.1) is 17.6 Å². The highest BCUT2D eigenvalue weighted by atomic mass is 16.1. The van der Waals surface area contributed by atoms with E-state index in [1.807, 2.05) is 30.5 Å². The molecule has 0 radical (unpaired) electrons. The zero-order chi connectivity index (χ0) is 18.2. The van der Waals surface area contributed by atoms with Crippen molar-refractivity contribution in [3.05, 3.63) is 65.0 Å². The highest BCUT2D eigenvalue weighted by Gasteiger charge is 2.18. The Labute approximate surface area is 155 Å². The number of nitrogens with zero attached hydrogens (tertiary/aromatic N) is 6. The van der Waals surface area contributed by atoms with Crippen molar-refractivity contribution in [3.63, 3.8) is 0 Å². The van der Waals surface area contributed by atoms with Gasteiger partial charge >= 0.3 is 5.69 Å². The van der Waals surface area contributed by atoms with Crippen molar-refractivity contribution in [2.24, 2.45) is 0 Å². The molecule has 5 rings (SSSR count). The summed E-state index contributed by atoms with van der Waals surface area (Å²) in [5, 5.41) is 3.76. The molecule has 1 aliphatic rings. The molecule has 0 atom stereocenters. The van der Waals surface area contributed by atoms with E-state index < -0.39 is 0 Å². The van der Waals surface area contributed by atoms with Crippen LogP contribution in [0.3, 0.4) is 0 Å². The zero-order valence-corrected chi connectivity index (χ0v) is 14.7. The Bertz CT molecular complexity index is 1160. The smallest absolute Gasteiger partial charge is 0.362 e. The number of fused-ring (bicyclic) bond motifs is 2. The van der Waals surface area contributed by atoms with E-state index in [0.29, 0.717) is 5.65 Å². The summed E-state index contributed by atoms with van der Waals surface area (Å²) >= 11 is 0. The fourth-order valence-corrected chi connectivity index (χ4v) is 3.56. The lowest BCUT2D eigenvalue weighted by atomic mass is 10.2. The fourth-order valence-electron chi connectivity index (χ4n) is 3.56. The molecular weight excluding hydrogens is 342 g/mol. The SMILES string of the molecule is O=c1nc2ccc(N3CCN(Cc4ccc5cccnc5n4)CC3)cn2[nH]1. The van der Waals surface area contributed by atoms with Gasteiger partial charge in [-0.1, -0.05) is 0 Å². The van der Waals surface area contributed by atoms with Crippen LogP contribution in [0.5, 0.6) is 0 Å². The van der Waals surface area contributed by atoms with Gasteiger partial charge in [0.25, 0.3) is 0 Å². The summed E-state index contributed by atoms with van der Waals surface area (Å²) in [5.41, 5.74) is 3.25. The first-order chi connectivity index (χ1) is 13.2. The van der Waals surface area contributed by atoms with Crippen LogP contribution in [0.2, 0.25) is 0 Å². The molecule has 8 heteroatoms. The van der Waals surface area contributed by atoms with Gasteiger partial charge in [-0.2, -0.15) is 4.98 Å². The maximum absolute atomic E-state index is 11.4. The molecule has 4 aromatic rings. The minimum Gasteiger partial charge on any atom is -0.368 e. The first-order valence-corrected chi connectivity index (χ1v) is 9.01. The van der Waals surface area contributed by atoms with E-state index in [2.05, 4.69) is 42.0 Å². The van der Waals surface area contributed by atoms with E-state index in [1.54, 1.807) is 10.7 Å². The second-order valence-corrected chi connectivity index (χ2v) is 6.76. The highest BCUT2D eigenvalue weighted by molar-refractivity contribution is 5.74. The van der Waals surface area contributed by atoms with Crippen molar-refractivity contribution in [2.45, 2.75) is 6.54 Å². The van der Waals surface area contributed by atoms with Crippen molar-refractivity contribution < 1.29 is 0 Å². The molecule has 1 saturated heterocycles. The normalized spacial score (nSPS) is 15.6. The highest BCUT2D eigenvalue weighted by Crippen LogP contribution is 2.18. The predicted octanol–water partition coefficient (Wildman–Crippen LogP) is 1.29. The number of aromatic nitrogens is 5. The van der Waals surface area contributed by atoms with Crippen LogP contribution in [-0.2, 0) is 6.54 Å².